The first-order chi connectivity index (χ1) is 14.0. The lowest BCUT2D eigenvalue weighted by Crippen LogP contribution is -2.63. The van der Waals surface area contributed by atoms with Crippen LogP contribution in [0.2, 0.25) is 0 Å². The average Bonchev–Trinajstić information content (AvgIpc) is 3.08. The summed E-state index contributed by atoms with van der Waals surface area (Å²) in [5, 5.41) is 48.3. The van der Waals surface area contributed by atoms with Crippen LogP contribution in [-0.4, -0.2) is 49.2 Å². The second-order valence-electron chi connectivity index (χ2n) is 8.33. The van der Waals surface area contributed by atoms with Crippen LogP contribution in [0.15, 0.2) is 22.7 Å². The Labute approximate surface area is 168 Å². The summed E-state index contributed by atoms with van der Waals surface area (Å²) in [6.45, 7) is 1.42. The van der Waals surface area contributed by atoms with Gasteiger partial charge >= 0.3 is 0 Å². The van der Waals surface area contributed by atoms with Crippen molar-refractivity contribution in [3.05, 3.63) is 35.1 Å². The topological polar surface area (TPSA) is 184 Å². The lowest BCUT2D eigenvalue weighted by Gasteiger charge is -2.51. The van der Waals surface area contributed by atoms with E-state index < -0.39 is 59.0 Å². The van der Waals surface area contributed by atoms with Crippen LogP contribution in [0, 0.1) is 11.8 Å². The predicted molar refractivity (Wildman–Crippen MR) is 96.6 cm³/mol. The summed E-state index contributed by atoms with van der Waals surface area (Å²) in [5.74, 6) is -8.19. The Hall–Kier alpha value is -3.08. The number of hydrogen-bond acceptors (Lipinski definition) is 9. The summed E-state index contributed by atoms with van der Waals surface area (Å²) in [6.07, 6.45) is -2.08. The van der Waals surface area contributed by atoms with Crippen LogP contribution in [-0.2, 0) is 25.6 Å². The van der Waals surface area contributed by atoms with Crippen molar-refractivity contribution < 1.29 is 39.3 Å². The third kappa shape index (κ3) is 1.93. The molecule has 30 heavy (non-hydrogen) atoms. The number of primary amides is 1. The Morgan fingerprint density at radius 3 is 2.67 bits per heavy atom. The van der Waals surface area contributed by atoms with E-state index in [-0.39, 0.29) is 33.9 Å². The Morgan fingerprint density at radius 2 is 2.00 bits per heavy atom. The molecule has 0 radical (unpaired) electrons. The lowest BCUT2D eigenvalue weighted by molar-refractivity contribution is -0.183. The van der Waals surface area contributed by atoms with E-state index in [9.17, 15) is 34.8 Å². The average molecular weight is 414 g/mol. The predicted octanol–water partition coefficient (Wildman–Crippen LogP) is -0.826. The molecule has 2 unspecified atom stereocenters. The molecule has 1 amide bonds. The van der Waals surface area contributed by atoms with Crippen molar-refractivity contribution in [3.63, 3.8) is 0 Å². The van der Waals surface area contributed by atoms with Crippen molar-refractivity contribution in [1.82, 2.24) is 5.16 Å². The molecule has 10 heteroatoms. The molecule has 1 aromatic carbocycles. The van der Waals surface area contributed by atoms with Gasteiger partial charge in [0.1, 0.15) is 11.4 Å². The molecular formula is C20H18N2O8. The summed E-state index contributed by atoms with van der Waals surface area (Å²) in [5.41, 5.74) is 1.43. The van der Waals surface area contributed by atoms with E-state index in [1.807, 2.05) is 0 Å². The number of ketones is 2. The normalized spacial score (nSPS) is 36.7. The molecule has 2 aromatic rings. The van der Waals surface area contributed by atoms with Gasteiger partial charge in [-0.25, -0.2) is 0 Å². The van der Waals surface area contributed by atoms with Gasteiger partial charge in [0.25, 0.3) is 0 Å². The van der Waals surface area contributed by atoms with E-state index in [0.717, 1.165) is 0 Å². The van der Waals surface area contributed by atoms with E-state index in [2.05, 4.69) is 5.16 Å². The highest BCUT2D eigenvalue weighted by molar-refractivity contribution is 6.22. The summed E-state index contributed by atoms with van der Waals surface area (Å²) in [7, 11) is 0. The van der Waals surface area contributed by atoms with Gasteiger partial charge in [0.15, 0.2) is 28.8 Å². The molecule has 1 aromatic heterocycles. The number of carbonyl (C=O) groups excluding carboxylic acids is 3. The molecule has 3 aliphatic rings. The van der Waals surface area contributed by atoms with Gasteiger partial charge < -0.3 is 30.7 Å². The Kier molecular flexibility index (Phi) is 3.49. The van der Waals surface area contributed by atoms with Gasteiger partial charge in [-0.15, -0.1) is 0 Å². The number of phenolic OH excluding ortho intramolecular Hbond substituents is 1. The fourth-order valence-electron chi connectivity index (χ4n) is 5.40. The molecule has 0 saturated heterocycles. The van der Waals surface area contributed by atoms with Crippen LogP contribution < -0.4 is 5.73 Å². The SMILES string of the molecule is CC1(O)c2cccc(O)c2-c2noc3c2[C@@H]1[C@H](O)[C@H]1CC(=O)C(C(N)=O)C(=O)[C@@]31O. The van der Waals surface area contributed by atoms with Crippen LogP contribution in [0.5, 0.6) is 5.75 Å². The van der Waals surface area contributed by atoms with E-state index in [1.54, 1.807) is 6.07 Å². The minimum absolute atomic E-state index is 0.0474. The van der Waals surface area contributed by atoms with Crippen LogP contribution in [0.3, 0.4) is 0 Å². The first kappa shape index (κ1) is 18.9. The van der Waals surface area contributed by atoms with E-state index >= 15 is 0 Å². The van der Waals surface area contributed by atoms with Gasteiger partial charge in [-0.05, 0) is 18.6 Å². The number of nitrogens with two attached hydrogens (primary N) is 1. The second-order valence-corrected chi connectivity index (χ2v) is 8.33. The molecular weight excluding hydrogens is 396 g/mol. The summed E-state index contributed by atoms with van der Waals surface area (Å²) >= 11 is 0. The maximum absolute atomic E-state index is 13.1. The van der Waals surface area contributed by atoms with Gasteiger partial charge in [0.2, 0.25) is 5.91 Å². The third-order valence-electron chi connectivity index (χ3n) is 6.77. The number of phenols is 1. The molecule has 6 atom stereocenters. The largest absolute Gasteiger partial charge is 0.507 e. The highest BCUT2D eigenvalue weighted by Crippen LogP contribution is 2.61. The Bertz CT molecular complexity index is 1150. The smallest absolute Gasteiger partial charge is 0.235 e. The molecule has 1 fully saturated rings. The van der Waals surface area contributed by atoms with Crippen molar-refractivity contribution >= 4 is 17.5 Å². The number of rotatable bonds is 1. The fraction of sp³-hybridized carbons (Fsp3) is 0.400. The molecule has 156 valence electrons. The van der Waals surface area contributed by atoms with Crippen molar-refractivity contribution in [1.29, 1.82) is 0 Å². The Balaban J connectivity index is 1.83. The quantitative estimate of drug-likeness (QED) is 0.372. The second kappa shape index (κ2) is 5.54. The van der Waals surface area contributed by atoms with Crippen molar-refractivity contribution in [2.24, 2.45) is 17.6 Å². The molecule has 1 heterocycles. The minimum atomic E-state index is -2.54. The number of nitrogens with zero attached hydrogens (tertiary/aromatic N) is 1. The maximum Gasteiger partial charge on any atom is 0.235 e. The molecule has 6 N–H and O–H groups in total. The number of amides is 1. The summed E-state index contributed by atoms with van der Waals surface area (Å²) < 4.78 is 5.33. The van der Waals surface area contributed by atoms with Gasteiger partial charge in [0.05, 0.1) is 17.3 Å². The van der Waals surface area contributed by atoms with Gasteiger partial charge in [0, 0.05) is 23.8 Å². The number of aliphatic hydroxyl groups is 3. The van der Waals surface area contributed by atoms with Gasteiger partial charge in [-0.3, -0.25) is 14.4 Å². The van der Waals surface area contributed by atoms with Crippen LogP contribution >= 0.6 is 0 Å². The first-order valence-corrected chi connectivity index (χ1v) is 9.34. The van der Waals surface area contributed by atoms with E-state index in [4.69, 9.17) is 10.3 Å². The Morgan fingerprint density at radius 1 is 1.30 bits per heavy atom. The van der Waals surface area contributed by atoms with E-state index in [1.165, 1.54) is 19.1 Å². The number of hydrogen-bond donors (Lipinski definition) is 5. The lowest BCUT2D eigenvalue weighted by atomic mass is 9.54. The molecule has 0 bridgehead atoms. The molecule has 0 spiro atoms. The maximum atomic E-state index is 13.1. The number of fused-ring (bicyclic) bond motifs is 4. The third-order valence-corrected chi connectivity index (χ3v) is 6.77. The molecule has 10 nitrogen and oxygen atoms in total. The number of aromatic hydroxyl groups is 1. The number of aliphatic hydroxyl groups excluding tert-OH is 1. The molecule has 3 aliphatic carbocycles. The fourth-order valence-corrected chi connectivity index (χ4v) is 5.40. The van der Waals surface area contributed by atoms with Crippen LogP contribution in [0.25, 0.3) is 11.3 Å². The number of benzene rings is 1. The zero-order valence-corrected chi connectivity index (χ0v) is 15.7. The summed E-state index contributed by atoms with van der Waals surface area (Å²) in [6, 6.07) is 4.45. The zero-order valence-electron chi connectivity index (χ0n) is 15.7. The standard InChI is InChI=1S/C20H18N2O8/c1-19(28)6-3-2-4-8(23)10(6)14-12-13(19)15(25)7-5-9(24)11(18(21)27)16(26)20(7,29)17(12)30-22-14/h2-4,7,11,13,15,23,25,28-29H,5H2,1H3,(H2,21,27)/t7-,11?,13-,15-,19?,20-/m1/s1. The zero-order chi connectivity index (χ0) is 21.7. The monoisotopic (exact) mass is 414 g/mol. The van der Waals surface area contributed by atoms with Gasteiger partial charge in [-0.2, -0.15) is 0 Å². The van der Waals surface area contributed by atoms with Crippen molar-refractivity contribution in [2.45, 2.75) is 36.6 Å². The molecule has 0 aliphatic heterocycles. The van der Waals surface area contributed by atoms with Crippen LogP contribution in [0.4, 0.5) is 0 Å². The highest BCUT2D eigenvalue weighted by Gasteiger charge is 2.68. The number of carbonyl (C=O) groups is 3. The molecule has 1 saturated carbocycles. The van der Waals surface area contributed by atoms with Crippen LogP contribution in [0.1, 0.15) is 36.1 Å². The number of Topliss-reactive ketones (excluding diaryl/α,β-unsaturated/α-hetero) is 2. The van der Waals surface area contributed by atoms with Crippen molar-refractivity contribution in [2.75, 3.05) is 0 Å². The first-order valence-electron chi connectivity index (χ1n) is 9.34. The minimum Gasteiger partial charge on any atom is -0.507 e. The highest BCUT2D eigenvalue weighted by atomic mass is 16.5. The van der Waals surface area contributed by atoms with Crippen molar-refractivity contribution in [3.8, 4) is 17.0 Å². The van der Waals surface area contributed by atoms with Gasteiger partial charge in [-0.1, -0.05) is 17.3 Å². The molecule has 5 rings (SSSR count). The number of aromatic nitrogens is 1. The summed E-state index contributed by atoms with van der Waals surface area (Å²) in [4.78, 5) is 37.2. The van der Waals surface area contributed by atoms with E-state index in [0.29, 0.717) is 0 Å².